The first-order valence-corrected chi connectivity index (χ1v) is 16.2. The number of esters is 1. The van der Waals surface area contributed by atoms with Crippen molar-refractivity contribution in [3.63, 3.8) is 0 Å². The summed E-state index contributed by atoms with van der Waals surface area (Å²) in [6, 6.07) is 4.18. The SMILES string of the molecule is C[SiH2]OC(O[SiH2]C)C(C)(C)CCC(C)(C)c1c(C)cc(C)cc1OC(=O)CCCBr. The van der Waals surface area contributed by atoms with Crippen LogP contribution in [0.5, 0.6) is 5.75 Å². The minimum absolute atomic E-state index is 0.0609. The van der Waals surface area contributed by atoms with Crippen molar-refractivity contribution in [2.24, 2.45) is 5.41 Å². The Balaban J connectivity index is 3.11. The Bertz CT molecular complexity index is 686. The Labute approximate surface area is 196 Å². The number of carbonyl (C=O) groups excluding carboxylic acids is 1. The van der Waals surface area contributed by atoms with Crippen LogP contribution < -0.4 is 4.74 Å². The molecular formula is C23H41BrO4Si2. The molecule has 0 fully saturated rings. The molecule has 1 rings (SSSR count). The summed E-state index contributed by atoms with van der Waals surface area (Å²) in [6.07, 6.45) is 3.01. The molecule has 0 saturated carbocycles. The monoisotopic (exact) mass is 516 g/mol. The van der Waals surface area contributed by atoms with Gasteiger partial charge in [0, 0.05) is 22.7 Å². The predicted octanol–water partition coefficient (Wildman–Crippen LogP) is 5.09. The molecule has 0 unspecified atom stereocenters. The molecule has 30 heavy (non-hydrogen) atoms. The average molecular weight is 518 g/mol. The summed E-state index contributed by atoms with van der Waals surface area (Å²) in [6.45, 7) is 17.4. The fraction of sp³-hybridized carbons (Fsp3) is 0.696. The fourth-order valence-electron chi connectivity index (χ4n) is 3.94. The van der Waals surface area contributed by atoms with Crippen molar-refractivity contribution in [2.75, 3.05) is 5.33 Å². The van der Waals surface area contributed by atoms with E-state index >= 15 is 0 Å². The molecule has 1 aromatic rings. The number of rotatable bonds is 13. The molecule has 0 radical (unpaired) electrons. The Kier molecular flexibility index (Phi) is 11.5. The van der Waals surface area contributed by atoms with Gasteiger partial charge in [0.2, 0.25) is 0 Å². The summed E-state index contributed by atoms with van der Waals surface area (Å²) in [5, 5.41) is 0.801. The lowest BCUT2D eigenvalue weighted by Gasteiger charge is -2.38. The molecule has 0 aliphatic rings. The van der Waals surface area contributed by atoms with Gasteiger partial charge in [0.15, 0.2) is 19.5 Å². The van der Waals surface area contributed by atoms with Crippen molar-refractivity contribution in [2.45, 2.75) is 92.0 Å². The number of carbonyl (C=O) groups is 1. The number of aryl methyl sites for hydroxylation is 2. The van der Waals surface area contributed by atoms with Gasteiger partial charge in [-0.2, -0.15) is 0 Å². The van der Waals surface area contributed by atoms with E-state index in [9.17, 15) is 4.79 Å². The highest BCUT2D eigenvalue weighted by Gasteiger charge is 2.35. The molecule has 1 aromatic carbocycles. The van der Waals surface area contributed by atoms with E-state index in [-0.39, 0.29) is 23.1 Å². The van der Waals surface area contributed by atoms with E-state index in [0.717, 1.165) is 35.7 Å². The van der Waals surface area contributed by atoms with Crippen molar-refractivity contribution in [3.8, 4) is 5.75 Å². The van der Waals surface area contributed by atoms with E-state index in [4.69, 9.17) is 13.6 Å². The molecule has 0 amide bonds. The second kappa shape index (κ2) is 12.5. The number of hydrogen-bond donors (Lipinski definition) is 0. The molecule has 0 aromatic heterocycles. The molecule has 0 aliphatic heterocycles. The second-order valence-corrected chi connectivity index (χ2v) is 12.0. The lowest BCUT2D eigenvalue weighted by molar-refractivity contribution is -0.134. The van der Waals surface area contributed by atoms with E-state index in [2.05, 4.69) is 69.7 Å². The molecule has 0 saturated heterocycles. The minimum Gasteiger partial charge on any atom is -0.426 e. The van der Waals surface area contributed by atoms with Crippen LogP contribution in [0.2, 0.25) is 13.1 Å². The fourth-order valence-corrected chi connectivity index (χ4v) is 6.11. The molecule has 0 heterocycles. The summed E-state index contributed by atoms with van der Waals surface area (Å²) in [5.41, 5.74) is 3.21. The molecule has 172 valence electrons. The third-order valence-corrected chi connectivity index (χ3v) is 7.36. The summed E-state index contributed by atoms with van der Waals surface area (Å²) in [4.78, 5) is 12.4. The Morgan fingerprint density at radius 1 is 1.07 bits per heavy atom. The van der Waals surface area contributed by atoms with Gasteiger partial charge >= 0.3 is 5.97 Å². The highest BCUT2D eigenvalue weighted by atomic mass is 79.9. The minimum atomic E-state index is -0.537. The van der Waals surface area contributed by atoms with Crippen LogP contribution in [0.25, 0.3) is 0 Å². The molecular weight excluding hydrogens is 476 g/mol. The molecule has 4 nitrogen and oxygen atoms in total. The zero-order valence-corrected chi connectivity index (χ0v) is 24.6. The van der Waals surface area contributed by atoms with Gasteiger partial charge in [-0.25, -0.2) is 0 Å². The lowest BCUT2D eigenvalue weighted by atomic mass is 9.73. The molecule has 0 spiro atoms. The van der Waals surface area contributed by atoms with Crippen LogP contribution in [0, 0.1) is 19.3 Å². The summed E-state index contributed by atoms with van der Waals surface area (Å²) >= 11 is 3.38. The number of hydrogen-bond acceptors (Lipinski definition) is 4. The normalized spacial score (nSPS) is 14.2. The molecule has 0 N–H and O–H groups in total. The third kappa shape index (κ3) is 8.22. The van der Waals surface area contributed by atoms with E-state index in [1.54, 1.807) is 0 Å². The third-order valence-electron chi connectivity index (χ3n) is 5.53. The molecule has 0 bridgehead atoms. The highest BCUT2D eigenvalue weighted by molar-refractivity contribution is 9.09. The predicted molar refractivity (Wildman–Crippen MR) is 135 cm³/mol. The van der Waals surface area contributed by atoms with Crippen molar-refractivity contribution >= 4 is 41.4 Å². The number of benzene rings is 1. The zero-order valence-electron chi connectivity index (χ0n) is 20.2. The van der Waals surface area contributed by atoms with Gasteiger partial charge in [-0.15, -0.1) is 0 Å². The van der Waals surface area contributed by atoms with Crippen LogP contribution in [-0.4, -0.2) is 37.1 Å². The summed E-state index contributed by atoms with van der Waals surface area (Å²) in [7, 11) is -1.07. The van der Waals surface area contributed by atoms with Crippen molar-refractivity contribution in [1.29, 1.82) is 0 Å². The van der Waals surface area contributed by atoms with Crippen LogP contribution in [0.3, 0.4) is 0 Å². The van der Waals surface area contributed by atoms with Crippen LogP contribution in [-0.2, 0) is 19.1 Å². The largest absolute Gasteiger partial charge is 0.426 e. The first kappa shape index (κ1) is 27.6. The van der Waals surface area contributed by atoms with Gasteiger partial charge in [-0.3, -0.25) is 4.79 Å². The van der Waals surface area contributed by atoms with E-state index < -0.39 is 19.5 Å². The van der Waals surface area contributed by atoms with Crippen LogP contribution in [0.4, 0.5) is 0 Å². The van der Waals surface area contributed by atoms with E-state index in [1.807, 2.05) is 13.0 Å². The first-order valence-electron chi connectivity index (χ1n) is 11.1. The maximum absolute atomic E-state index is 12.4. The van der Waals surface area contributed by atoms with Crippen molar-refractivity contribution < 1.29 is 18.4 Å². The smallest absolute Gasteiger partial charge is 0.311 e. The molecule has 7 heteroatoms. The zero-order chi connectivity index (χ0) is 22.9. The van der Waals surface area contributed by atoms with Crippen LogP contribution >= 0.6 is 15.9 Å². The summed E-state index contributed by atoms with van der Waals surface area (Å²) in [5.74, 6) is 0.542. The molecule has 0 atom stereocenters. The van der Waals surface area contributed by atoms with Gasteiger partial charge in [0.05, 0.1) is 0 Å². The highest BCUT2D eigenvalue weighted by Crippen LogP contribution is 2.42. The standard InChI is InChI=1S/C23H41BrO4Si2/c1-16-14-17(2)20(18(15-16)26-19(25)10-9-13-24)22(3,4)11-12-23(5,6)21(27-29-7)28-30-8/h14-15,21H,9-13,29-30H2,1-8H3. The maximum Gasteiger partial charge on any atom is 0.311 e. The van der Waals surface area contributed by atoms with E-state index in [0.29, 0.717) is 12.2 Å². The van der Waals surface area contributed by atoms with Gasteiger partial charge in [0.25, 0.3) is 0 Å². The Hall–Kier alpha value is -0.476. The van der Waals surface area contributed by atoms with Gasteiger partial charge in [-0.05, 0) is 55.7 Å². The van der Waals surface area contributed by atoms with Gasteiger partial charge < -0.3 is 13.6 Å². The number of halogens is 1. The van der Waals surface area contributed by atoms with Gasteiger partial charge in [0.1, 0.15) is 12.0 Å². The lowest BCUT2D eigenvalue weighted by Crippen LogP contribution is -2.37. The topological polar surface area (TPSA) is 44.8 Å². The number of ether oxygens (including phenoxy) is 1. The number of alkyl halides is 1. The van der Waals surface area contributed by atoms with Crippen LogP contribution in [0.1, 0.15) is 70.1 Å². The van der Waals surface area contributed by atoms with Crippen LogP contribution in [0.15, 0.2) is 12.1 Å². The van der Waals surface area contributed by atoms with E-state index in [1.165, 1.54) is 5.56 Å². The van der Waals surface area contributed by atoms with Gasteiger partial charge in [-0.1, -0.05) is 62.8 Å². The summed E-state index contributed by atoms with van der Waals surface area (Å²) < 4.78 is 18.0. The Morgan fingerprint density at radius 2 is 1.67 bits per heavy atom. The van der Waals surface area contributed by atoms with Crippen molar-refractivity contribution in [3.05, 3.63) is 28.8 Å². The first-order chi connectivity index (χ1) is 14.0. The quantitative estimate of drug-likeness (QED) is 0.120. The maximum atomic E-state index is 12.4. The molecule has 0 aliphatic carbocycles. The van der Waals surface area contributed by atoms with Crippen molar-refractivity contribution in [1.82, 2.24) is 0 Å². The Morgan fingerprint density at radius 3 is 2.20 bits per heavy atom. The second-order valence-electron chi connectivity index (χ2n) is 9.34. The average Bonchev–Trinajstić information content (AvgIpc) is 2.64.